The van der Waals surface area contributed by atoms with Gasteiger partial charge in [0.05, 0.1) is 11.1 Å². The van der Waals surface area contributed by atoms with Crippen LogP contribution in [0.5, 0.6) is 0 Å². The highest BCUT2D eigenvalue weighted by molar-refractivity contribution is 6.07. The lowest BCUT2D eigenvalue weighted by Crippen LogP contribution is -2.39. The van der Waals surface area contributed by atoms with E-state index in [0.29, 0.717) is 25.2 Å². The summed E-state index contributed by atoms with van der Waals surface area (Å²) in [5, 5.41) is 13.5. The molecule has 1 spiro atoms. The third-order valence-corrected chi connectivity index (χ3v) is 5.69. The number of carbonyl (C=O) groups excluding carboxylic acids is 2. The topological polar surface area (TPSA) is 90.1 Å². The van der Waals surface area contributed by atoms with Crippen LogP contribution in [-0.4, -0.2) is 46.5 Å². The van der Waals surface area contributed by atoms with Crippen LogP contribution in [-0.2, 0) is 23.2 Å². The van der Waals surface area contributed by atoms with Gasteiger partial charge in [-0.15, -0.1) is 0 Å². The van der Waals surface area contributed by atoms with Crippen molar-refractivity contribution in [2.75, 3.05) is 25.0 Å². The summed E-state index contributed by atoms with van der Waals surface area (Å²) in [6, 6.07) is 7.77. The van der Waals surface area contributed by atoms with Gasteiger partial charge in [0.25, 0.3) is 5.91 Å². The maximum Gasteiger partial charge on any atom is 0.274 e. The minimum atomic E-state index is -0.621. The van der Waals surface area contributed by atoms with Crippen molar-refractivity contribution in [3.63, 3.8) is 0 Å². The molecule has 3 aliphatic rings. The molecule has 0 aliphatic carbocycles. The van der Waals surface area contributed by atoms with E-state index in [1.165, 1.54) is 0 Å². The normalized spacial score (nSPS) is 24.3. The molecular formula is C18H19N5O2. The summed E-state index contributed by atoms with van der Waals surface area (Å²) >= 11 is 0. The molecule has 0 radical (unpaired) electrons. The Morgan fingerprint density at radius 1 is 1.28 bits per heavy atom. The van der Waals surface area contributed by atoms with E-state index in [2.05, 4.69) is 20.8 Å². The molecule has 2 aromatic rings. The number of benzene rings is 1. The highest BCUT2D eigenvalue weighted by Gasteiger charge is 2.52. The second-order valence-corrected chi connectivity index (χ2v) is 7.01. The van der Waals surface area contributed by atoms with E-state index in [1.807, 2.05) is 24.3 Å². The van der Waals surface area contributed by atoms with E-state index in [4.69, 9.17) is 0 Å². The molecule has 7 heteroatoms. The standard InChI is InChI=1S/C18H19N5O2/c24-16(15-11-5-7-19-9-14(11)21-22-15)23-8-6-18(10-23)12-3-1-2-4-13(12)20-17(18)25/h1-4,19H,5-10H2,(H,20,25)(H,21,22). The van der Waals surface area contributed by atoms with Gasteiger partial charge >= 0.3 is 0 Å². The summed E-state index contributed by atoms with van der Waals surface area (Å²) in [4.78, 5) is 27.5. The molecule has 5 rings (SSSR count). The van der Waals surface area contributed by atoms with Crippen LogP contribution in [0.3, 0.4) is 0 Å². The van der Waals surface area contributed by atoms with Crippen LogP contribution in [0.1, 0.15) is 33.7 Å². The van der Waals surface area contributed by atoms with Crippen molar-refractivity contribution in [3.8, 4) is 0 Å². The van der Waals surface area contributed by atoms with E-state index in [9.17, 15) is 9.59 Å². The third kappa shape index (κ3) is 1.99. The Labute approximate surface area is 144 Å². The van der Waals surface area contributed by atoms with Crippen LogP contribution in [0.2, 0.25) is 0 Å². The summed E-state index contributed by atoms with van der Waals surface area (Å²) in [6.45, 7) is 2.55. The number of aromatic nitrogens is 2. The fourth-order valence-corrected chi connectivity index (χ4v) is 4.33. The van der Waals surface area contributed by atoms with Gasteiger partial charge < -0.3 is 15.5 Å². The van der Waals surface area contributed by atoms with Gasteiger partial charge in [-0.25, -0.2) is 0 Å². The average molecular weight is 337 g/mol. The van der Waals surface area contributed by atoms with Crippen molar-refractivity contribution in [3.05, 3.63) is 46.8 Å². The van der Waals surface area contributed by atoms with Crippen molar-refractivity contribution in [1.29, 1.82) is 0 Å². The second-order valence-electron chi connectivity index (χ2n) is 7.01. The van der Waals surface area contributed by atoms with Crippen molar-refractivity contribution in [1.82, 2.24) is 20.4 Å². The third-order valence-electron chi connectivity index (χ3n) is 5.69. The Balaban J connectivity index is 1.46. The Kier molecular flexibility index (Phi) is 3.03. The summed E-state index contributed by atoms with van der Waals surface area (Å²) in [6.07, 6.45) is 1.45. The van der Waals surface area contributed by atoms with E-state index in [1.54, 1.807) is 4.90 Å². The smallest absolute Gasteiger partial charge is 0.274 e. The molecule has 0 saturated carbocycles. The molecular weight excluding hydrogens is 318 g/mol. The minimum Gasteiger partial charge on any atom is -0.336 e. The average Bonchev–Trinajstić information content (AvgIpc) is 3.33. The van der Waals surface area contributed by atoms with Gasteiger partial charge in [0.2, 0.25) is 5.91 Å². The highest BCUT2D eigenvalue weighted by Crippen LogP contribution is 2.44. The first-order valence-corrected chi connectivity index (χ1v) is 8.66. The van der Waals surface area contributed by atoms with E-state index < -0.39 is 5.41 Å². The number of para-hydroxylation sites is 1. The first-order chi connectivity index (χ1) is 12.2. The van der Waals surface area contributed by atoms with Crippen molar-refractivity contribution in [2.45, 2.75) is 24.8 Å². The number of carbonyl (C=O) groups is 2. The number of aromatic amines is 1. The van der Waals surface area contributed by atoms with Crippen LogP contribution in [0.25, 0.3) is 0 Å². The van der Waals surface area contributed by atoms with Crippen LogP contribution < -0.4 is 10.6 Å². The van der Waals surface area contributed by atoms with Gasteiger partial charge in [0, 0.05) is 30.9 Å². The SMILES string of the molecule is O=C(c1n[nH]c2c1CCNC2)N1CCC2(C1)C(=O)Nc1ccccc12. The van der Waals surface area contributed by atoms with E-state index >= 15 is 0 Å². The molecule has 25 heavy (non-hydrogen) atoms. The van der Waals surface area contributed by atoms with Gasteiger partial charge in [-0.3, -0.25) is 14.7 Å². The number of likely N-dealkylation sites (tertiary alicyclic amines) is 1. The molecule has 7 nitrogen and oxygen atoms in total. The second kappa shape index (κ2) is 5.16. The molecule has 2 amide bonds. The Bertz CT molecular complexity index is 889. The summed E-state index contributed by atoms with van der Waals surface area (Å²) in [5.41, 5.74) is 3.77. The van der Waals surface area contributed by atoms with Crippen LogP contribution in [0, 0.1) is 0 Å². The molecule has 1 saturated heterocycles. The molecule has 1 aromatic heterocycles. The van der Waals surface area contributed by atoms with Crippen molar-refractivity contribution < 1.29 is 9.59 Å². The number of anilines is 1. The fraction of sp³-hybridized carbons (Fsp3) is 0.389. The van der Waals surface area contributed by atoms with Crippen LogP contribution >= 0.6 is 0 Å². The molecule has 3 aliphatic heterocycles. The minimum absolute atomic E-state index is 0.00254. The maximum atomic E-state index is 13.0. The number of nitrogens with zero attached hydrogens (tertiary/aromatic N) is 2. The monoisotopic (exact) mass is 337 g/mol. The largest absolute Gasteiger partial charge is 0.336 e. The predicted octanol–water partition coefficient (Wildman–Crippen LogP) is 0.791. The highest BCUT2D eigenvalue weighted by atomic mass is 16.2. The fourth-order valence-electron chi connectivity index (χ4n) is 4.33. The number of hydrogen-bond donors (Lipinski definition) is 3. The van der Waals surface area contributed by atoms with Crippen LogP contribution in [0.4, 0.5) is 5.69 Å². The summed E-state index contributed by atoms with van der Waals surface area (Å²) < 4.78 is 0. The number of H-pyrrole nitrogens is 1. The molecule has 3 N–H and O–H groups in total. The zero-order valence-electron chi connectivity index (χ0n) is 13.8. The van der Waals surface area contributed by atoms with Crippen LogP contribution in [0.15, 0.2) is 24.3 Å². The first-order valence-electron chi connectivity index (χ1n) is 8.66. The summed E-state index contributed by atoms with van der Waals surface area (Å²) in [5.74, 6) is -0.0780. The lowest BCUT2D eigenvalue weighted by molar-refractivity contribution is -0.120. The maximum absolute atomic E-state index is 13.0. The Morgan fingerprint density at radius 2 is 2.16 bits per heavy atom. The Hall–Kier alpha value is -2.67. The number of fused-ring (bicyclic) bond motifs is 3. The molecule has 1 aromatic carbocycles. The molecule has 128 valence electrons. The number of nitrogens with one attached hydrogen (secondary N) is 3. The van der Waals surface area contributed by atoms with Crippen molar-refractivity contribution in [2.24, 2.45) is 0 Å². The molecule has 4 heterocycles. The van der Waals surface area contributed by atoms with E-state index in [0.717, 1.165) is 42.0 Å². The lowest BCUT2D eigenvalue weighted by Gasteiger charge is -2.22. The molecule has 1 unspecified atom stereocenters. The van der Waals surface area contributed by atoms with Gasteiger partial charge in [0.15, 0.2) is 5.69 Å². The van der Waals surface area contributed by atoms with Gasteiger partial charge in [0.1, 0.15) is 0 Å². The number of amides is 2. The van der Waals surface area contributed by atoms with Crippen molar-refractivity contribution >= 4 is 17.5 Å². The Morgan fingerprint density at radius 3 is 3.08 bits per heavy atom. The molecule has 1 atom stereocenters. The lowest BCUT2D eigenvalue weighted by atomic mass is 9.81. The first kappa shape index (κ1) is 14.7. The zero-order chi connectivity index (χ0) is 17.0. The quantitative estimate of drug-likeness (QED) is 0.718. The zero-order valence-corrected chi connectivity index (χ0v) is 13.8. The number of hydrogen-bond acceptors (Lipinski definition) is 4. The van der Waals surface area contributed by atoms with Gasteiger partial charge in [-0.1, -0.05) is 18.2 Å². The molecule has 1 fully saturated rings. The van der Waals surface area contributed by atoms with Gasteiger partial charge in [-0.2, -0.15) is 5.10 Å². The molecule has 0 bridgehead atoms. The predicted molar refractivity (Wildman–Crippen MR) is 91.3 cm³/mol. The summed E-state index contributed by atoms with van der Waals surface area (Å²) in [7, 11) is 0. The number of rotatable bonds is 1. The van der Waals surface area contributed by atoms with Gasteiger partial charge in [-0.05, 0) is 31.0 Å². The van der Waals surface area contributed by atoms with E-state index in [-0.39, 0.29) is 11.8 Å².